The standard InChI is InChI=1S/C9H13N3O6S.Na/c1-4-5(2)7(8(10)13)11-3-6(4)12(9(11)14)18-19(15,16)17;/h6-7H,3H2,1-2H3,(H2,10,13)(H,15,16,17);/t6-,7-;/m0./s1. The van der Waals surface area contributed by atoms with Gasteiger partial charge in [0.2, 0.25) is 5.91 Å². The van der Waals surface area contributed by atoms with E-state index in [-0.39, 0.29) is 36.1 Å². The SMILES string of the molecule is CC1=C(C)[C@@H]2CN(C(=O)N2OS(=O)(=O)O)[C@@H]1C(N)=O.[Na]. The van der Waals surface area contributed by atoms with Crippen molar-refractivity contribution in [2.24, 2.45) is 5.73 Å². The van der Waals surface area contributed by atoms with Gasteiger partial charge in [-0.3, -0.25) is 9.35 Å². The number of nitrogens with two attached hydrogens (primary N) is 1. The summed E-state index contributed by atoms with van der Waals surface area (Å²) in [7, 11) is -4.82. The first kappa shape index (κ1) is 17.4. The molecule has 2 bridgehead atoms. The average Bonchev–Trinajstić information content (AvgIpc) is 2.51. The molecule has 2 rings (SSSR count). The molecule has 9 nitrogen and oxygen atoms in total. The first-order valence-electron chi connectivity index (χ1n) is 5.37. The van der Waals surface area contributed by atoms with Gasteiger partial charge in [0.15, 0.2) is 0 Å². The molecule has 2 heterocycles. The maximum atomic E-state index is 12.0. The molecular weight excluding hydrogens is 301 g/mol. The Labute approximate surface area is 137 Å². The van der Waals surface area contributed by atoms with Gasteiger partial charge in [0, 0.05) is 29.6 Å². The Morgan fingerprint density at radius 3 is 2.40 bits per heavy atom. The number of hydrogen-bond donors (Lipinski definition) is 2. The summed E-state index contributed by atoms with van der Waals surface area (Å²) in [5.74, 6) is -0.711. The first-order chi connectivity index (χ1) is 8.63. The number of primary amides is 1. The zero-order valence-corrected chi connectivity index (χ0v) is 14.0. The van der Waals surface area contributed by atoms with Gasteiger partial charge in [-0.2, -0.15) is 13.5 Å². The van der Waals surface area contributed by atoms with Crippen LogP contribution in [-0.2, 0) is 19.5 Å². The monoisotopic (exact) mass is 314 g/mol. The second-order valence-electron chi connectivity index (χ2n) is 4.45. The maximum Gasteiger partial charge on any atom is 0.418 e. The van der Waals surface area contributed by atoms with E-state index in [1.165, 1.54) is 0 Å². The van der Waals surface area contributed by atoms with Crippen LogP contribution in [0.3, 0.4) is 0 Å². The van der Waals surface area contributed by atoms with Crippen molar-refractivity contribution in [3.63, 3.8) is 0 Å². The molecule has 1 radical (unpaired) electrons. The molecule has 0 aromatic heterocycles. The molecule has 2 atom stereocenters. The molecule has 1 fully saturated rings. The van der Waals surface area contributed by atoms with E-state index in [0.717, 1.165) is 4.90 Å². The Hall–Kier alpha value is -0.650. The smallest absolute Gasteiger partial charge is 0.368 e. The van der Waals surface area contributed by atoms with Gasteiger partial charge in [-0.05, 0) is 25.0 Å². The van der Waals surface area contributed by atoms with Gasteiger partial charge in [0.05, 0.1) is 6.54 Å². The van der Waals surface area contributed by atoms with E-state index in [9.17, 15) is 18.0 Å². The quantitative estimate of drug-likeness (QED) is 0.376. The summed E-state index contributed by atoms with van der Waals surface area (Å²) in [6, 6.07) is -2.44. The van der Waals surface area contributed by atoms with Gasteiger partial charge in [-0.1, -0.05) is 0 Å². The molecule has 2 aliphatic heterocycles. The molecular formula is C9H13N3NaO6S. The van der Waals surface area contributed by atoms with Crippen LogP contribution in [-0.4, -0.2) is 83.1 Å². The number of amides is 3. The largest absolute Gasteiger partial charge is 0.418 e. The van der Waals surface area contributed by atoms with Gasteiger partial charge in [0.1, 0.15) is 12.1 Å². The van der Waals surface area contributed by atoms with Gasteiger partial charge in [-0.15, -0.1) is 4.28 Å². The van der Waals surface area contributed by atoms with Crippen molar-refractivity contribution in [3.05, 3.63) is 11.1 Å². The van der Waals surface area contributed by atoms with E-state index in [1.54, 1.807) is 13.8 Å². The zero-order chi connectivity index (χ0) is 14.5. The zero-order valence-electron chi connectivity index (χ0n) is 11.2. The van der Waals surface area contributed by atoms with Crippen LogP contribution in [0.1, 0.15) is 13.8 Å². The Bertz CT molecular complexity index is 588. The molecule has 2 aliphatic rings. The van der Waals surface area contributed by atoms with Crippen molar-refractivity contribution in [3.8, 4) is 0 Å². The minimum Gasteiger partial charge on any atom is -0.368 e. The van der Waals surface area contributed by atoms with E-state index < -0.39 is 34.4 Å². The second kappa shape index (κ2) is 5.62. The fraction of sp³-hybridized carbons (Fsp3) is 0.556. The molecule has 3 amide bonds. The Morgan fingerprint density at radius 1 is 1.40 bits per heavy atom. The maximum absolute atomic E-state index is 12.0. The predicted octanol–water partition coefficient (Wildman–Crippen LogP) is -1.35. The molecule has 0 spiro atoms. The molecule has 0 saturated carbocycles. The van der Waals surface area contributed by atoms with Crippen molar-refractivity contribution in [2.45, 2.75) is 25.9 Å². The average molecular weight is 314 g/mol. The number of nitrogens with zero attached hydrogens (tertiary/aromatic N) is 2. The number of fused-ring (bicyclic) bond motifs is 2. The van der Waals surface area contributed by atoms with Crippen LogP contribution in [0.4, 0.5) is 4.79 Å². The van der Waals surface area contributed by atoms with Gasteiger partial charge in [0.25, 0.3) is 0 Å². The number of carbonyl (C=O) groups is 2. The van der Waals surface area contributed by atoms with Crippen molar-refractivity contribution in [2.75, 3.05) is 6.54 Å². The summed E-state index contributed by atoms with van der Waals surface area (Å²) >= 11 is 0. The molecule has 0 aliphatic carbocycles. The second-order valence-corrected chi connectivity index (χ2v) is 5.45. The van der Waals surface area contributed by atoms with Gasteiger partial charge < -0.3 is 10.6 Å². The van der Waals surface area contributed by atoms with E-state index in [2.05, 4.69) is 4.28 Å². The van der Waals surface area contributed by atoms with Crippen LogP contribution in [0.5, 0.6) is 0 Å². The van der Waals surface area contributed by atoms with E-state index in [4.69, 9.17) is 10.3 Å². The summed E-state index contributed by atoms with van der Waals surface area (Å²) in [5.41, 5.74) is 6.42. The molecule has 0 aromatic carbocycles. The molecule has 0 unspecified atom stereocenters. The van der Waals surface area contributed by atoms with Gasteiger partial charge >= 0.3 is 16.4 Å². The number of carbonyl (C=O) groups excluding carboxylic acids is 2. The molecule has 20 heavy (non-hydrogen) atoms. The number of urea groups is 1. The van der Waals surface area contributed by atoms with Crippen LogP contribution in [0.25, 0.3) is 0 Å². The third-order valence-corrected chi connectivity index (χ3v) is 3.72. The number of hydroxylamine groups is 2. The minimum absolute atomic E-state index is 0. The van der Waals surface area contributed by atoms with Crippen LogP contribution in [0.2, 0.25) is 0 Å². The van der Waals surface area contributed by atoms with Crippen molar-refractivity contribution in [1.82, 2.24) is 9.96 Å². The number of hydrogen-bond acceptors (Lipinski definition) is 5. The van der Waals surface area contributed by atoms with Crippen LogP contribution in [0.15, 0.2) is 11.1 Å². The third kappa shape index (κ3) is 2.85. The normalized spacial score (nSPS) is 25.9. The van der Waals surface area contributed by atoms with Crippen LogP contribution >= 0.6 is 0 Å². The molecule has 3 N–H and O–H groups in total. The van der Waals surface area contributed by atoms with E-state index >= 15 is 0 Å². The minimum atomic E-state index is -4.82. The summed E-state index contributed by atoms with van der Waals surface area (Å²) < 4.78 is 34.4. The first-order valence-corrected chi connectivity index (χ1v) is 6.73. The Balaban J connectivity index is 0.00000200. The molecule has 1 saturated heterocycles. The van der Waals surface area contributed by atoms with Crippen LogP contribution < -0.4 is 5.73 Å². The Kier molecular flexibility index (Phi) is 4.89. The molecule has 107 valence electrons. The predicted molar refractivity (Wildman–Crippen MR) is 67.5 cm³/mol. The van der Waals surface area contributed by atoms with E-state index in [0.29, 0.717) is 16.2 Å². The molecule has 11 heteroatoms. The fourth-order valence-corrected chi connectivity index (χ4v) is 2.76. The van der Waals surface area contributed by atoms with Crippen molar-refractivity contribution < 1.29 is 26.8 Å². The molecule has 0 aromatic rings. The van der Waals surface area contributed by atoms with Crippen LogP contribution in [0, 0.1) is 0 Å². The van der Waals surface area contributed by atoms with E-state index in [1.807, 2.05) is 0 Å². The van der Waals surface area contributed by atoms with Crippen molar-refractivity contribution >= 4 is 51.9 Å². The van der Waals surface area contributed by atoms with Gasteiger partial charge in [-0.25, -0.2) is 4.79 Å². The fourth-order valence-electron chi connectivity index (χ4n) is 2.39. The topological polar surface area (TPSA) is 130 Å². The summed E-state index contributed by atoms with van der Waals surface area (Å²) in [6.45, 7) is 3.35. The third-order valence-electron chi connectivity index (χ3n) is 3.37. The number of rotatable bonds is 3. The van der Waals surface area contributed by atoms with Crippen molar-refractivity contribution in [1.29, 1.82) is 0 Å². The Morgan fingerprint density at radius 2 is 1.95 bits per heavy atom. The summed E-state index contributed by atoms with van der Waals surface area (Å²) in [6.07, 6.45) is 0. The summed E-state index contributed by atoms with van der Waals surface area (Å²) in [4.78, 5) is 24.5. The summed E-state index contributed by atoms with van der Waals surface area (Å²) in [5, 5.41) is 0.539.